The van der Waals surface area contributed by atoms with E-state index in [1.807, 2.05) is 19.1 Å². The van der Waals surface area contributed by atoms with Crippen LogP contribution in [0.25, 0.3) is 5.65 Å². The Morgan fingerprint density at radius 2 is 1.88 bits per heavy atom. The monoisotopic (exact) mass is 325 g/mol. The van der Waals surface area contributed by atoms with Crippen LogP contribution in [0.2, 0.25) is 0 Å². The smallest absolute Gasteiger partial charge is 0.178 e. The summed E-state index contributed by atoms with van der Waals surface area (Å²) in [5.41, 5.74) is 2.97. The second-order valence-corrected chi connectivity index (χ2v) is 6.81. The molecule has 1 N–H and O–H groups in total. The first-order valence-electron chi connectivity index (χ1n) is 8.05. The molecule has 2 heterocycles. The molecule has 0 fully saturated rings. The fourth-order valence-corrected chi connectivity index (χ4v) is 2.31. The van der Waals surface area contributed by atoms with Crippen molar-refractivity contribution in [2.75, 3.05) is 5.32 Å². The number of hydrogen-bond acceptors (Lipinski definition) is 5. The summed E-state index contributed by atoms with van der Waals surface area (Å²) in [5, 5.41) is 15.9. The highest BCUT2D eigenvalue weighted by atomic mass is 16.5. The molecule has 0 unspecified atom stereocenters. The van der Waals surface area contributed by atoms with E-state index >= 15 is 0 Å². The Morgan fingerprint density at radius 1 is 1.08 bits per heavy atom. The Labute approximate surface area is 141 Å². The largest absolute Gasteiger partial charge is 0.371 e. The van der Waals surface area contributed by atoms with Crippen LogP contribution in [0.1, 0.15) is 37.7 Å². The Balaban J connectivity index is 1.66. The van der Waals surface area contributed by atoms with E-state index in [0.29, 0.717) is 13.2 Å². The summed E-state index contributed by atoms with van der Waals surface area (Å²) in [4.78, 5) is 0. The SMILES string of the molecule is Cc1nnc2ccc(NCc3cccc(COC(C)(C)C)c3)nn12. The minimum Gasteiger partial charge on any atom is -0.371 e. The van der Waals surface area contributed by atoms with E-state index in [1.54, 1.807) is 4.52 Å². The lowest BCUT2D eigenvalue weighted by Crippen LogP contribution is -2.18. The molecule has 0 bridgehead atoms. The molecule has 0 saturated heterocycles. The van der Waals surface area contributed by atoms with Gasteiger partial charge in [-0.2, -0.15) is 4.52 Å². The molecule has 1 aromatic carbocycles. The summed E-state index contributed by atoms with van der Waals surface area (Å²) in [6.07, 6.45) is 0. The van der Waals surface area contributed by atoms with Crippen molar-refractivity contribution in [2.24, 2.45) is 0 Å². The predicted octanol–water partition coefficient (Wildman–Crippen LogP) is 3.36. The van der Waals surface area contributed by atoms with Crippen molar-refractivity contribution >= 4 is 11.5 Å². The molecule has 3 rings (SSSR count). The molecule has 0 aliphatic heterocycles. The average Bonchev–Trinajstić information content (AvgIpc) is 2.92. The standard InChI is InChI=1S/C18H23N5O/c1-13-20-21-17-9-8-16(22-23(13)17)19-11-14-6-5-7-15(10-14)12-24-18(2,3)4/h5-10H,11-12H2,1-4H3,(H,19,22). The van der Waals surface area contributed by atoms with Crippen molar-refractivity contribution < 1.29 is 4.74 Å². The van der Waals surface area contributed by atoms with Crippen molar-refractivity contribution in [1.29, 1.82) is 0 Å². The first-order chi connectivity index (χ1) is 11.4. The van der Waals surface area contributed by atoms with Crippen LogP contribution >= 0.6 is 0 Å². The number of rotatable bonds is 5. The summed E-state index contributed by atoms with van der Waals surface area (Å²) < 4.78 is 7.57. The number of ether oxygens (including phenoxy) is 1. The maximum atomic E-state index is 5.84. The Kier molecular flexibility index (Phi) is 4.49. The highest BCUT2D eigenvalue weighted by Gasteiger charge is 2.10. The molecule has 3 aromatic rings. The van der Waals surface area contributed by atoms with Gasteiger partial charge >= 0.3 is 0 Å². The highest BCUT2D eigenvalue weighted by Crippen LogP contribution is 2.14. The molecule has 0 aliphatic rings. The zero-order valence-electron chi connectivity index (χ0n) is 14.6. The Bertz CT molecular complexity index is 835. The maximum Gasteiger partial charge on any atom is 0.178 e. The lowest BCUT2D eigenvalue weighted by Gasteiger charge is -2.19. The predicted molar refractivity (Wildman–Crippen MR) is 93.8 cm³/mol. The van der Waals surface area contributed by atoms with Crippen molar-refractivity contribution in [3.63, 3.8) is 0 Å². The number of fused-ring (bicyclic) bond motifs is 1. The fraction of sp³-hybridized carbons (Fsp3) is 0.389. The van der Waals surface area contributed by atoms with Crippen LogP contribution in [0.4, 0.5) is 5.82 Å². The topological polar surface area (TPSA) is 64.3 Å². The van der Waals surface area contributed by atoms with Gasteiger partial charge in [0, 0.05) is 6.54 Å². The Hall–Kier alpha value is -2.47. The zero-order valence-corrected chi connectivity index (χ0v) is 14.6. The second kappa shape index (κ2) is 6.57. The first-order valence-corrected chi connectivity index (χ1v) is 8.05. The number of anilines is 1. The van der Waals surface area contributed by atoms with Gasteiger partial charge in [0.15, 0.2) is 11.5 Å². The van der Waals surface area contributed by atoms with Gasteiger partial charge in [0.05, 0.1) is 12.2 Å². The number of benzene rings is 1. The van der Waals surface area contributed by atoms with Gasteiger partial charge in [0.25, 0.3) is 0 Å². The molecule has 24 heavy (non-hydrogen) atoms. The molecule has 0 spiro atoms. The van der Waals surface area contributed by atoms with Crippen LogP contribution in [0.5, 0.6) is 0 Å². The van der Waals surface area contributed by atoms with Crippen molar-refractivity contribution in [2.45, 2.75) is 46.4 Å². The highest BCUT2D eigenvalue weighted by molar-refractivity contribution is 5.44. The normalized spacial score (nSPS) is 11.8. The molecule has 0 atom stereocenters. The van der Waals surface area contributed by atoms with Crippen LogP contribution < -0.4 is 5.32 Å². The number of aryl methyl sites for hydroxylation is 1. The molecule has 0 amide bonds. The molecule has 0 aliphatic carbocycles. The molecular weight excluding hydrogens is 302 g/mol. The summed E-state index contributed by atoms with van der Waals surface area (Å²) in [7, 11) is 0. The molecule has 126 valence electrons. The lowest BCUT2D eigenvalue weighted by atomic mass is 10.1. The van der Waals surface area contributed by atoms with Crippen molar-refractivity contribution in [3.05, 3.63) is 53.3 Å². The van der Waals surface area contributed by atoms with Crippen LogP contribution in [0.3, 0.4) is 0 Å². The van der Waals surface area contributed by atoms with Gasteiger partial charge in [0.1, 0.15) is 5.82 Å². The van der Waals surface area contributed by atoms with Crippen molar-refractivity contribution in [1.82, 2.24) is 19.8 Å². The quantitative estimate of drug-likeness (QED) is 0.779. The molecule has 6 heteroatoms. The van der Waals surface area contributed by atoms with Gasteiger partial charge in [-0.25, -0.2) is 0 Å². The number of nitrogens with one attached hydrogen (secondary N) is 1. The van der Waals surface area contributed by atoms with Gasteiger partial charge < -0.3 is 10.1 Å². The molecule has 6 nitrogen and oxygen atoms in total. The summed E-state index contributed by atoms with van der Waals surface area (Å²) in [6.45, 7) is 9.38. The van der Waals surface area contributed by atoms with E-state index in [4.69, 9.17) is 4.74 Å². The molecule has 0 saturated carbocycles. The summed E-state index contributed by atoms with van der Waals surface area (Å²) in [5.74, 6) is 1.57. The fourth-order valence-electron chi connectivity index (χ4n) is 2.31. The third-order valence-electron chi connectivity index (χ3n) is 3.56. The van der Waals surface area contributed by atoms with E-state index in [1.165, 1.54) is 11.1 Å². The first kappa shape index (κ1) is 16.4. The Morgan fingerprint density at radius 3 is 2.67 bits per heavy atom. The van der Waals surface area contributed by atoms with E-state index in [-0.39, 0.29) is 5.60 Å². The van der Waals surface area contributed by atoms with Crippen LogP contribution in [0, 0.1) is 6.92 Å². The van der Waals surface area contributed by atoms with Crippen molar-refractivity contribution in [3.8, 4) is 0 Å². The summed E-state index contributed by atoms with van der Waals surface area (Å²) >= 11 is 0. The third kappa shape index (κ3) is 4.08. The minimum absolute atomic E-state index is 0.135. The minimum atomic E-state index is -0.135. The second-order valence-electron chi connectivity index (χ2n) is 6.81. The average molecular weight is 325 g/mol. The van der Waals surface area contributed by atoms with Gasteiger partial charge in [-0.15, -0.1) is 15.3 Å². The number of hydrogen-bond donors (Lipinski definition) is 1. The van der Waals surface area contributed by atoms with E-state index in [0.717, 1.165) is 17.3 Å². The summed E-state index contributed by atoms with van der Waals surface area (Å²) in [6, 6.07) is 12.2. The van der Waals surface area contributed by atoms with Gasteiger partial charge in [0.2, 0.25) is 0 Å². The lowest BCUT2D eigenvalue weighted by molar-refractivity contribution is -0.0149. The number of aromatic nitrogens is 4. The maximum absolute atomic E-state index is 5.84. The van der Waals surface area contributed by atoms with Gasteiger partial charge in [-0.05, 0) is 51.0 Å². The zero-order chi connectivity index (χ0) is 17.2. The van der Waals surface area contributed by atoms with Gasteiger partial charge in [-0.3, -0.25) is 0 Å². The molecule has 0 radical (unpaired) electrons. The number of nitrogens with zero attached hydrogens (tertiary/aromatic N) is 4. The van der Waals surface area contributed by atoms with Crippen LogP contribution in [0.15, 0.2) is 36.4 Å². The van der Waals surface area contributed by atoms with Gasteiger partial charge in [-0.1, -0.05) is 24.3 Å². The van der Waals surface area contributed by atoms with E-state index < -0.39 is 0 Å². The molecule has 2 aromatic heterocycles. The third-order valence-corrected chi connectivity index (χ3v) is 3.56. The van der Waals surface area contributed by atoms with Crippen LogP contribution in [-0.4, -0.2) is 25.4 Å². The van der Waals surface area contributed by atoms with E-state index in [2.05, 4.69) is 65.6 Å². The van der Waals surface area contributed by atoms with E-state index in [9.17, 15) is 0 Å². The molecular formula is C18H23N5O. The van der Waals surface area contributed by atoms with Crippen LogP contribution in [-0.2, 0) is 17.9 Å².